The zero-order chi connectivity index (χ0) is 7.84. The Morgan fingerprint density at radius 1 is 1.27 bits per heavy atom. The molecule has 0 atom stereocenters. The third kappa shape index (κ3) is 1.38. The summed E-state index contributed by atoms with van der Waals surface area (Å²) >= 11 is 7.30. The molecular weight excluding hydrogens is 343 g/mol. The van der Waals surface area contributed by atoms with Crippen LogP contribution in [-0.4, -0.2) is 13.2 Å². The highest BCUT2D eigenvalue weighted by Gasteiger charge is 2.21. The highest BCUT2D eigenvalue weighted by Crippen LogP contribution is 2.47. The summed E-state index contributed by atoms with van der Waals surface area (Å²) in [5.41, 5.74) is 0. The molecule has 0 aromatic carbocycles. The molecule has 0 spiro atoms. The van der Waals surface area contributed by atoms with E-state index in [1.165, 1.54) is 0 Å². The van der Waals surface area contributed by atoms with Crippen molar-refractivity contribution in [3.63, 3.8) is 0 Å². The van der Waals surface area contributed by atoms with Gasteiger partial charge >= 0.3 is 0 Å². The molecule has 1 aromatic heterocycles. The molecule has 0 radical (unpaired) electrons. The molecule has 0 saturated carbocycles. The maximum Gasteiger partial charge on any atom is 0.187 e. The van der Waals surface area contributed by atoms with E-state index in [1.54, 1.807) is 11.3 Å². The summed E-state index contributed by atoms with van der Waals surface area (Å²) in [7, 11) is 0. The average Bonchev–Trinajstić information content (AvgIpc) is 2.30. The van der Waals surface area contributed by atoms with Gasteiger partial charge in [0, 0.05) is 0 Å². The van der Waals surface area contributed by atoms with E-state index in [-0.39, 0.29) is 0 Å². The molecule has 1 aliphatic heterocycles. The minimum absolute atomic E-state index is 0.651. The predicted molar refractivity (Wildman–Crippen MR) is 55.7 cm³/mol. The second-order valence-corrected chi connectivity index (χ2v) is 6.15. The van der Waals surface area contributed by atoms with Crippen molar-refractivity contribution < 1.29 is 9.47 Å². The summed E-state index contributed by atoms with van der Waals surface area (Å²) in [5.74, 6) is 1.76. The van der Waals surface area contributed by atoms with Crippen molar-refractivity contribution in [2.45, 2.75) is 0 Å². The van der Waals surface area contributed by atoms with Crippen LogP contribution in [0.25, 0.3) is 0 Å². The summed E-state index contributed by atoms with van der Waals surface area (Å²) in [5, 5.41) is 0. The molecule has 2 rings (SSSR count). The van der Waals surface area contributed by atoms with Gasteiger partial charge in [0.1, 0.15) is 19.9 Å². The highest BCUT2D eigenvalue weighted by atomic mass is 127. The summed E-state index contributed by atoms with van der Waals surface area (Å²) < 4.78 is 13.0. The Bertz CT molecular complexity index is 260. The molecular formula is C6H4BrIO2S. The van der Waals surface area contributed by atoms with E-state index in [0.717, 1.165) is 18.2 Å². The van der Waals surface area contributed by atoms with Gasteiger partial charge in [-0.3, -0.25) is 0 Å². The number of fused-ring (bicyclic) bond motifs is 1. The molecule has 60 valence electrons. The number of thiophene rings is 1. The van der Waals surface area contributed by atoms with Gasteiger partial charge in [0.2, 0.25) is 0 Å². The van der Waals surface area contributed by atoms with Crippen molar-refractivity contribution in [1.82, 2.24) is 0 Å². The van der Waals surface area contributed by atoms with Crippen LogP contribution in [0.4, 0.5) is 0 Å². The van der Waals surface area contributed by atoms with Crippen LogP contribution in [0.3, 0.4) is 0 Å². The van der Waals surface area contributed by atoms with Crippen LogP contribution in [0.1, 0.15) is 0 Å². The highest BCUT2D eigenvalue weighted by molar-refractivity contribution is 14.1. The molecule has 0 bridgehead atoms. The maximum atomic E-state index is 5.42. The Labute approximate surface area is 90.2 Å². The molecule has 1 aromatic rings. The Kier molecular flexibility index (Phi) is 2.29. The summed E-state index contributed by atoms with van der Waals surface area (Å²) in [6.45, 7) is 1.31. The fourth-order valence-corrected chi connectivity index (χ4v) is 4.28. The lowest BCUT2D eigenvalue weighted by Gasteiger charge is -2.15. The minimum Gasteiger partial charge on any atom is -0.484 e. The molecule has 0 unspecified atom stereocenters. The molecule has 0 N–H and O–H groups in total. The van der Waals surface area contributed by atoms with Crippen molar-refractivity contribution in [3.05, 3.63) is 6.67 Å². The molecule has 0 saturated heterocycles. The molecule has 0 fully saturated rings. The summed E-state index contributed by atoms with van der Waals surface area (Å²) in [4.78, 5) is 0. The number of hydrogen-bond acceptors (Lipinski definition) is 3. The zero-order valence-corrected chi connectivity index (χ0v) is 9.95. The van der Waals surface area contributed by atoms with Crippen LogP contribution < -0.4 is 9.47 Å². The zero-order valence-electron chi connectivity index (χ0n) is 5.39. The lowest BCUT2D eigenvalue weighted by molar-refractivity contribution is 0.171. The Morgan fingerprint density at radius 2 is 1.91 bits per heavy atom. The van der Waals surface area contributed by atoms with Gasteiger partial charge in [0.25, 0.3) is 0 Å². The van der Waals surface area contributed by atoms with E-state index in [2.05, 4.69) is 38.5 Å². The van der Waals surface area contributed by atoms with E-state index in [1.807, 2.05) is 0 Å². The fourth-order valence-electron chi connectivity index (χ4n) is 0.882. The van der Waals surface area contributed by atoms with Gasteiger partial charge in [-0.15, -0.1) is 11.3 Å². The number of rotatable bonds is 0. The van der Waals surface area contributed by atoms with Crippen LogP contribution in [-0.2, 0) is 0 Å². The topological polar surface area (TPSA) is 18.5 Å². The largest absolute Gasteiger partial charge is 0.484 e. The normalized spacial score (nSPS) is 15.1. The van der Waals surface area contributed by atoms with Crippen molar-refractivity contribution >= 4 is 49.9 Å². The molecule has 2 heterocycles. The van der Waals surface area contributed by atoms with E-state index >= 15 is 0 Å². The second kappa shape index (κ2) is 3.10. The van der Waals surface area contributed by atoms with Gasteiger partial charge in [-0.05, 0) is 38.5 Å². The van der Waals surface area contributed by atoms with Gasteiger partial charge in [0.15, 0.2) is 11.5 Å². The quantitative estimate of drug-likeness (QED) is 0.672. The molecule has 0 amide bonds. The van der Waals surface area contributed by atoms with Crippen LogP contribution in [0.2, 0.25) is 0 Å². The van der Waals surface area contributed by atoms with Gasteiger partial charge in [0.05, 0.1) is 0 Å². The maximum absolute atomic E-state index is 5.42. The predicted octanol–water partition coefficient (Wildman–Crippen LogP) is 2.89. The van der Waals surface area contributed by atoms with E-state index in [4.69, 9.17) is 9.47 Å². The number of halogens is 2. The first kappa shape index (κ1) is 8.12. The van der Waals surface area contributed by atoms with Crippen LogP contribution in [0, 0.1) is 2.88 Å². The monoisotopic (exact) mass is 346 g/mol. The van der Waals surface area contributed by atoms with Crippen molar-refractivity contribution in [1.29, 1.82) is 0 Å². The lowest BCUT2D eigenvalue weighted by Crippen LogP contribution is -2.14. The SMILES string of the molecule is Brc1sc(I)c2c1OCCO2. The number of ether oxygens (including phenoxy) is 2. The first-order valence-electron chi connectivity index (χ1n) is 3.02. The first-order chi connectivity index (χ1) is 5.29. The van der Waals surface area contributed by atoms with E-state index in [0.29, 0.717) is 13.2 Å². The van der Waals surface area contributed by atoms with Crippen molar-refractivity contribution in [2.24, 2.45) is 0 Å². The lowest BCUT2D eigenvalue weighted by atomic mass is 10.5. The van der Waals surface area contributed by atoms with Crippen molar-refractivity contribution in [3.8, 4) is 11.5 Å². The molecule has 5 heteroatoms. The third-order valence-corrected chi connectivity index (χ3v) is 4.04. The van der Waals surface area contributed by atoms with E-state index in [9.17, 15) is 0 Å². The fraction of sp³-hybridized carbons (Fsp3) is 0.333. The minimum atomic E-state index is 0.651. The van der Waals surface area contributed by atoms with E-state index < -0.39 is 0 Å². The second-order valence-electron chi connectivity index (χ2n) is 2.00. The summed E-state index contributed by atoms with van der Waals surface area (Å²) in [6.07, 6.45) is 0. The molecule has 11 heavy (non-hydrogen) atoms. The average molecular weight is 347 g/mol. The van der Waals surface area contributed by atoms with Crippen LogP contribution in [0.5, 0.6) is 11.5 Å². The van der Waals surface area contributed by atoms with Gasteiger partial charge in [-0.2, -0.15) is 0 Å². The van der Waals surface area contributed by atoms with Crippen molar-refractivity contribution in [2.75, 3.05) is 13.2 Å². The standard InChI is InChI=1S/C6H4BrIO2S/c7-5-3-4(6(8)11-5)10-2-1-9-3/h1-2H2. The molecule has 2 nitrogen and oxygen atoms in total. The Hall–Kier alpha value is 0.510. The number of hydrogen-bond donors (Lipinski definition) is 0. The molecule has 1 aliphatic rings. The van der Waals surface area contributed by atoms with Crippen LogP contribution in [0.15, 0.2) is 3.79 Å². The first-order valence-corrected chi connectivity index (χ1v) is 5.71. The molecule has 0 aliphatic carbocycles. The third-order valence-electron chi connectivity index (χ3n) is 1.32. The Morgan fingerprint density at radius 3 is 2.55 bits per heavy atom. The van der Waals surface area contributed by atoms with Gasteiger partial charge in [-0.1, -0.05) is 0 Å². The van der Waals surface area contributed by atoms with Gasteiger partial charge in [-0.25, -0.2) is 0 Å². The Balaban J connectivity index is 2.52. The smallest absolute Gasteiger partial charge is 0.187 e. The van der Waals surface area contributed by atoms with Crippen LogP contribution >= 0.6 is 49.9 Å². The van der Waals surface area contributed by atoms with Gasteiger partial charge < -0.3 is 9.47 Å². The summed E-state index contributed by atoms with van der Waals surface area (Å²) in [6, 6.07) is 0.